The topological polar surface area (TPSA) is 102 Å². The van der Waals surface area contributed by atoms with E-state index in [2.05, 4.69) is 41.7 Å². The third kappa shape index (κ3) is 6.40. The summed E-state index contributed by atoms with van der Waals surface area (Å²) >= 11 is 6.10. The van der Waals surface area contributed by atoms with Crippen molar-refractivity contribution in [2.24, 2.45) is 0 Å². The van der Waals surface area contributed by atoms with Crippen LogP contribution in [0.2, 0.25) is 0 Å². The number of carbonyl (C=O) groups is 2. The zero-order chi connectivity index (χ0) is 25.7. The van der Waals surface area contributed by atoms with E-state index in [1.165, 1.54) is 23.1 Å². The summed E-state index contributed by atoms with van der Waals surface area (Å²) in [5.41, 5.74) is 3.41. The summed E-state index contributed by atoms with van der Waals surface area (Å²) in [5.74, 6) is 0.455. The summed E-state index contributed by atoms with van der Waals surface area (Å²) in [6, 6.07) is 14.9. The Bertz CT molecular complexity index is 1370. The van der Waals surface area contributed by atoms with Gasteiger partial charge in [-0.2, -0.15) is 0 Å². The van der Waals surface area contributed by atoms with Gasteiger partial charge in [-0.3, -0.25) is 9.59 Å². The third-order valence-corrected chi connectivity index (χ3v) is 7.55. The van der Waals surface area contributed by atoms with Crippen LogP contribution in [0.4, 0.5) is 5.13 Å². The molecule has 0 aliphatic rings. The van der Waals surface area contributed by atoms with Crippen LogP contribution in [-0.4, -0.2) is 37.3 Å². The van der Waals surface area contributed by atoms with Gasteiger partial charge in [-0.15, -0.1) is 21.5 Å². The Morgan fingerprint density at radius 3 is 2.67 bits per heavy atom. The number of aromatic nitrogens is 4. The van der Waals surface area contributed by atoms with E-state index in [1.54, 1.807) is 6.07 Å². The maximum Gasteiger partial charge on any atom is 0.251 e. The minimum absolute atomic E-state index is 0.162. The quantitative estimate of drug-likeness (QED) is 0.244. The fourth-order valence-electron chi connectivity index (χ4n) is 3.53. The number of carbonyl (C=O) groups excluding carboxylic acids is 2. The first-order chi connectivity index (χ1) is 17.3. The predicted molar refractivity (Wildman–Crippen MR) is 147 cm³/mol. The molecule has 2 N–H and O–H groups in total. The summed E-state index contributed by atoms with van der Waals surface area (Å²) in [7, 11) is 0. The number of aryl methyl sites for hydroxylation is 1. The Hall–Kier alpha value is -3.02. The van der Waals surface area contributed by atoms with Crippen LogP contribution in [0.1, 0.15) is 41.6 Å². The highest BCUT2D eigenvalue weighted by Gasteiger charge is 2.20. The highest BCUT2D eigenvalue weighted by atomic mass is 79.9. The second-order valence-corrected chi connectivity index (χ2v) is 10.7. The summed E-state index contributed by atoms with van der Waals surface area (Å²) in [6.07, 6.45) is 0. The molecule has 8 nitrogen and oxygen atoms in total. The van der Waals surface area contributed by atoms with Crippen LogP contribution in [0, 0.1) is 6.92 Å². The first kappa shape index (κ1) is 26.1. The summed E-state index contributed by atoms with van der Waals surface area (Å²) in [6.45, 7) is 6.41. The molecule has 0 aliphatic carbocycles. The molecule has 0 aliphatic heterocycles. The molecule has 0 saturated carbocycles. The fourth-order valence-corrected chi connectivity index (χ4v) is 5.33. The number of thioether (sulfide) groups is 1. The standard InChI is InChI=1S/C25H25BrN6O2S2/c1-4-32-22(16(3)27-23(34)18-7-5-6-15(2)12-18)30-31-25(32)36-14-21(33)29-24-28-20(13-35-24)17-8-10-19(26)11-9-17/h5-13,16H,4,14H2,1-3H3,(H,27,34)(H,28,29,33)/t16-/m0/s1. The number of thiazole rings is 1. The Balaban J connectivity index is 1.35. The average Bonchev–Trinajstić information content (AvgIpc) is 3.50. The smallest absolute Gasteiger partial charge is 0.251 e. The molecule has 11 heteroatoms. The minimum atomic E-state index is -0.346. The van der Waals surface area contributed by atoms with Crippen LogP contribution < -0.4 is 10.6 Å². The molecule has 4 rings (SSSR count). The normalized spacial score (nSPS) is 11.8. The molecule has 4 aromatic rings. The van der Waals surface area contributed by atoms with Crippen molar-refractivity contribution in [3.05, 3.63) is 75.3 Å². The summed E-state index contributed by atoms with van der Waals surface area (Å²) in [5, 5.41) is 17.5. The van der Waals surface area contributed by atoms with Crippen molar-refractivity contribution in [2.45, 2.75) is 38.5 Å². The predicted octanol–water partition coefficient (Wildman–Crippen LogP) is 5.71. The number of benzene rings is 2. The van der Waals surface area contributed by atoms with Crippen LogP contribution in [-0.2, 0) is 11.3 Å². The molecule has 0 radical (unpaired) electrons. The Labute approximate surface area is 226 Å². The van der Waals surface area contributed by atoms with E-state index in [9.17, 15) is 9.59 Å². The number of nitrogens with zero attached hydrogens (tertiary/aromatic N) is 4. The monoisotopic (exact) mass is 584 g/mol. The van der Waals surface area contributed by atoms with Crippen molar-refractivity contribution in [2.75, 3.05) is 11.1 Å². The number of nitrogens with one attached hydrogen (secondary N) is 2. The van der Waals surface area contributed by atoms with Crippen LogP contribution in [0.5, 0.6) is 0 Å². The molecule has 0 fully saturated rings. The molecule has 0 unspecified atom stereocenters. The lowest BCUT2D eigenvalue weighted by molar-refractivity contribution is -0.113. The van der Waals surface area contributed by atoms with E-state index in [1.807, 2.05) is 73.2 Å². The molecule has 0 spiro atoms. The SMILES string of the molecule is CCn1c(SCC(=O)Nc2nc(-c3ccc(Br)cc3)cs2)nnc1[C@H](C)NC(=O)c1cccc(C)c1. The van der Waals surface area contributed by atoms with Crippen molar-refractivity contribution < 1.29 is 9.59 Å². The molecule has 1 atom stereocenters. The number of hydrogen-bond donors (Lipinski definition) is 2. The zero-order valence-corrected chi connectivity index (χ0v) is 23.2. The number of halogens is 1. The van der Waals surface area contributed by atoms with E-state index in [-0.39, 0.29) is 23.6 Å². The zero-order valence-electron chi connectivity index (χ0n) is 20.0. The van der Waals surface area contributed by atoms with E-state index < -0.39 is 0 Å². The molecule has 0 bridgehead atoms. The number of amides is 2. The highest BCUT2D eigenvalue weighted by Crippen LogP contribution is 2.27. The van der Waals surface area contributed by atoms with E-state index >= 15 is 0 Å². The van der Waals surface area contributed by atoms with Gasteiger partial charge in [0.25, 0.3) is 5.91 Å². The first-order valence-corrected chi connectivity index (χ1v) is 13.9. The van der Waals surface area contributed by atoms with Crippen molar-refractivity contribution in [3.63, 3.8) is 0 Å². The van der Waals surface area contributed by atoms with Crippen molar-refractivity contribution in [1.82, 2.24) is 25.1 Å². The Morgan fingerprint density at radius 2 is 1.94 bits per heavy atom. The van der Waals surface area contributed by atoms with Crippen LogP contribution in [0.15, 0.2) is 63.5 Å². The maximum atomic E-state index is 12.6. The molecule has 2 aromatic heterocycles. The molecule has 2 heterocycles. The second kappa shape index (κ2) is 11.8. The van der Waals surface area contributed by atoms with Crippen LogP contribution >= 0.6 is 39.0 Å². The Kier molecular flexibility index (Phi) is 8.55. The lowest BCUT2D eigenvalue weighted by atomic mass is 10.1. The fraction of sp³-hybridized carbons (Fsp3) is 0.240. The number of anilines is 1. The molecular weight excluding hydrogens is 560 g/mol. The van der Waals surface area contributed by atoms with Crippen LogP contribution in [0.3, 0.4) is 0 Å². The lowest BCUT2D eigenvalue weighted by Gasteiger charge is -2.15. The van der Waals surface area contributed by atoms with Gasteiger partial charge < -0.3 is 15.2 Å². The molecule has 186 valence electrons. The number of hydrogen-bond acceptors (Lipinski definition) is 7. The van der Waals surface area contributed by atoms with E-state index in [0.717, 1.165) is 21.3 Å². The minimum Gasteiger partial charge on any atom is -0.342 e. The second-order valence-electron chi connectivity index (χ2n) is 8.03. The third-order valence-electron chi connectivity index (χ3n) is 5.30. The van der Waals surface area contributed by atoms with Gasteiger partial charge in [0.1, 0.15) is 0 Å². The molecule has 2 amide bonds. The number of rotatable bonds is 9. The summed E-state index contributed by atoms with van der Waals surface area (Å²) < 4.78 is 2.91. The summed E-state index contributed by atoms with van der Waals surface area (Å²) in [4.78, 5) is 29.7. The Morgan fingerprint density at radius 1 is 1.17 bits per heavy atom. The van der Waals surface area contributed by atoms with Crippen LogP contribution in [0.25, 0.3) is 11.3 Å². The molecule has 2 aromatic carbocycles. The van der Waals surface area contributed by atoms with Gasteiger partial charge in [0.2, 0.25) is 5.91 Å². The average molecular weight is 586 g/mol. The van der Waals surface area contributed by atoms with Gasteiger partial charge in [0, 0.05) is 27.5 Å². The van der Waals surface area contributed by atoms with Crippen molar-refractivity contribution >= 4 is 56.0 Å². The van der Waals surface area contributed by atoms with Crippen molar-refractivity contribution in [1.29, 1.82) is 0 Å². The van der Waals surface area contributed by atoms with Gasteiger partial charge in [-0.1, -0.05) is 57.5 Å². The molecule has 0 saturated heterocycles. The molecular formula is C25H25BrN6O2S2. The molecule has 36 heavy (non-hydrogen) atoms. The van der Waals surface area contributed by atoms with E-state index in [0.29, 0.717) is 28.2 Å². The van der Waals surface area contributed by atoms with E-state index in [4.69, 9.17) is 0 Å². The van der Waals surface area contributed by atoms with Crippen molar-refractivity contribution in [3.8, 4) is 11.3 Å². The largest absolute Gasteiger partial charge is 0.342 e. The highest BCUT2D eigenvalue weighted by molar-refractivity contribution is 9.10. The van der Waals surface area contributed by atoms with Gasteiger partial charge in [-0.25, -0.2) is 4.98 Å². The van der Waals surface area contributed by atoms with Gasteiger partial charge in [0.05, 0.1) is 17.5 Å². The first-order valence-electron chi connectivity index (χ1n) is 11.3. The lowest BCUT2D eigenvalue weighted by Crippen LogP contribution is -2.28. The van der Waals surface area contributed by atoms with Gasteiger partial charge in [0.15, 0.2) is 16.1 Å². The maximum absolute atomic E-state index is 12.6. The van der Waals surface area contributed by atoms with Gasteiger partial charge in [-0.05, 0) is 45.0 Å². The van der Waals surface area contributed by atoms with Gasteiger partial charge >= 0.3 is 0 Å².